The minimum Gasteiger partial charge on any atom is -0.482 e. The van der Waals surface area contributed by atoms with E-state index < -0.39 is 0 Å². The number of amides is 1. The van der Waals surface area contributed by atoms with Gasteiger partial charge in [0.05, 0.1) is 5.56 Å². The number of anilines is 1. The van der Waals surface area contributed by atoms with E-state index in [4.69, 9.17) is 10.00 Å². The molecular formula is C20H23N3O2. The zero-order valence-corrected chi connectivity index (χ0v) is 14.5. The molecule has 0 aliphatic heterocycles. The number of hydrogen-bond donors (Lipinski definition) is 2. The molecular weight excluding hydrogens is 314 g/mol. The van der Waals surface area contributed by atoms with E-state index in [0.29, 0.717) is 23.8 Å². The quantitative estimate of drug-likeness (QED) is 0.776. The van der Waals surface area contributed by atoms with Gasteiger partial charge in [-0.2, -0.15) is 5.26 Å². The summed E-state index contributed by atoms with van der Waals surface area (Å²) < 4.78 is 5.45. The first kappa shape index (κ1) is 18.3. The first-order chi connectivity index (χ1) is 12.1. The normalized spacial score (nSPS) is 11.4. The second kappa shape index (κ2) is 9.33. The number of hydrogen-bond acceptors (Lipinski definition) is 4. The summed E-state index contributed by atoms with van der Waals surface area (Å²) in [6.45, 7) is 4.59. The second-order valence-corrected chi connectivity index (χ2v) is 6.06. The Bertz CT molecular complexity index is 723. The summed E-state index contributed by atoms with van der Waals surface area (Å²) in [4.78, 5) is 12.0. The van der Waals surface area contributed by atoms with Crippen molar-refractivity contribution in [3.05, 3.63) is 60.2 Å². The van der Waals surface area contributed by atoms with Gasteiger partial charge in [-0.15, -0.1) is 0 Å². The molecule has 0 aliphatic rings. The van der Waals surface area contributed by atoms with Gasteiger partial charge in [0.1, 0.15) is 11.8 Å². The number of rotatable bonds is 8. The van der Waals surface area contributed by atoms with Gasteiger partial charge >= 0.3 is 0 Å². The molecule has 0 saturated heterocycles. The van der Waals surface area contributed by atoms with E-state index in [1.165, 1.54) is 0 Å². The summed E-state index contributed by atoms with van der Waals surface area (Å²) in [6.07, 6.45) is 0. The van der Waals surface area contributed by atoms with Crippen LogP contribution in [0.2, 0.25) is 0 Å². The van der Waals surface area contributed by atoms with Gasteiger partial charge in [0.25, 0.3) is 5.91 Å². The average Bonchev–Trinajstić information content (AvgIpc) is 2.64. The molecule has 0 fully saturated rings. The molecule has 5 nitrogen and oxygen atoms in total. The van der Waals surface area contributed by atoms with Gasteiger partial charge in [0.15, 0.2) is 6.61 Å². The predicted molar refractivity (Wildman–Crippen MR) is 98.4 cm³/mol. The van der Waals surface area contributed by atoms with Crippen molar-refractivity contribution in [2.24, 2.45) is 5.92 Å². The van der Waals surface area contributed by atoms with Crippen LogP contribution in [0.15, 0.2) is 54.6 Å². The molecule has 0 bridgehead atoms. The number of para-hydroxylation sites is 2. The van der Waals surface area contributed by atoms with E-state index >= 15 is 0 Å². The molecule has 1 atom stereocenters. The molecule has 2 aromatic rings. The number of nitrogens with zero attached hydrogens (tertiary/aromatic N) is 1. The highest BCUT2D eigenvalue weighted by Crippen LogP contribution is 2.16. The van der Waals surface area contributed by atoms with Gasteiger partial charge in [0, 0.05) is 18.3 Å². The molecule has 0 radical (unpaired) electrons. The van der Waals surface area contributed by atoms with Gasteiger partial charge < -0.3 is 15.4 Å². The van der Waals surface area contributed by atoms with Gasteiger partial charge in [-0.25, -0.2) is 0 Å². The molecule has 2 aromatic carbocycles. The zero-order chi connectivity index (χ0) is 18.1. The highest BCUT2D eigenvalue weighted by Gasteiger charge is 2.15. The number of carbonyl (C=O) groups excluding carboxylic acids is 1. The minimum atomic E-state index is -0.215. The Morgan fingerprint density at radius 1 is 1.12 bits per heavy atom. The number of nitriles is 1. The Morgan fingerprint density at radius 3 is 2.48 bits per heavy atom. The SMILES string of the molecule is CC(C)C(CNC(=O)COc1ccccc1C#N)Nc1ccccc1. The molecule has 0 heterocycles. The van der Waals surface area contributed by atoms with Crippen molar-refractivity contribution < 1.29 is 9.53 Å². The van der Waals surface area contributed by atoms with Crippen LogP contribution in [-0.4, -0.2) is 25.1 Å². The first-order valence-electron chi connectivity index (χ1n) is 8.30. The predicted octanol–water partition coefficient (Wildman–Crippen LogP) is 3.19. The van der Waals surface area contributed by atoms with E-state index in [1.807, 2.05) is 36.4 Å². The Kier molecular flexibility index (Phi) is 6.85. The van der Waals surface area contributed by atoms with Crippen LogP contribution in [0, 0.1) is 17.2 Å². The van der Waals surface area contributed by atoms with Crippen LogP contribution in [0.5, 0.6) is 5.75 Å². The molecule has 2 N–H and O–H groups in total. The van der Waals surface area contributed by atoms with Gasteiger partial charge in [-0.05, 0) is 30.2 Å². The fourth-order valence-corrected chi connectivity index (χ4v) is 2.30. The maximum absolute atomic E-state index is 12.0. The molecule has 0 saturated carbocycles. The van der Waals surface area contributed by atoms with Crippen LogP contribution in [0.25, 0.3) is 0 Å². The lowest BCUT2D eigenvalue weighted by atomic mass is 10.0. The van der Waals surface area contributed by atoms with Gasteiger partial charge in [-0.1, -0.05) is 44.2 Å². The van der Waals surface area contributed by atoms with Crippen LogP contribution in [0.4, 0.5) is 5.69 Å². The number of nitrogens with one attached hydrogen (secondary N) is 2. The lowest BCUT2D eigenvalue weighted by molar-refractivity contribution is -0.123. The summed E-state index contributed by atoms with van der Waals surface area (Å²) >= 11 is 0. The van der Waals surface area contributed by atoms with Gasteiger partial charge in [0.2, 0.25) is 0 Å². The minimum absolute atomic E-state index is 0.109. The smallest absolute Gasteiger partial charge is 0.258 e. The van der Waals surface area contributed by atoms with Crippen molar-refractivity contribution in [3.63, 3.8) is 0 Å². The number of carbonyl (C=O) groups is 1. The van der Waals surface area contributed by atoms with Crippen LogP contribution in [-0.2, 0) is 4.79 Å². The Labute approximate surface area is 148 Å². The topological polar surface area (TPSA) is 74.1 Å². The second-order valence-electron chi connectivity index (χ2n) is 6.06. The third kappa shape index (κ3) is 5.85. The van der Waals surface area contributed by atoms with Crippen molar-refractivity contribution >= 4 is 11.6 Å². The molecule has 1 unspecified atom stereocenters. The summed E-state index contributed by atoms with van der Waals surface area (Å²) in [6, 6.07) is 18.9. The Hall–Kier alpha value is -3.00. The Balaban J connectivity index is 1.84. The largest absolute Gasteiger partial charge is 0.482 e. The van der Waals surface area contributed by atoms with Crippen LogP contribution >= 0.6 is 0 Å². The maximum Gasteiger partial charge on any atom is 0.258 e. The molecule has 1 amide bonds. The first-order valence-corrected chi connectivity index (χ1v) is 8.30. The average molecular weight is 337 g/mol. The fourth-order valence-electron chi connectivity index (χ4n) is 2.30. The molecule has 5 heteroatoms. The molecule has 0 aliphatic carbocycles. The van der Waals surface area contributed by atoms with Crippen molar-refractivity contribution in [1.82, 2.24) is 5.32 Å². The molecule has 0 spiro atoms. The van der Waals surface area contributed by atoms with E-state index in [0.717, 1.165) is 5.69 Å². The van der Waals surface area contributed by atoms with Crippen molar-refractivity contribution in [2.45, 2.75) is 19.9 Å². The molecule has 130 valence electrons. The van der Waals surface area contributed by atoms with E-state index in [-0.39, 0.29) is 18.6 Å². The van der Waals surface area contributed by atoms with E-state index in [2.05, 4.69) is 24.5 Å². The zero-order valence-electron chi connectivity index (χ0n) is 14.5. The lowest BCUT2D eigenvalue weighted by Gasteiger charge is -2.24. The highest BCUT2D eigenvalue weighted by atomic mass is 16.5. The third-order valence-electron chi connectivity index (χ3n) is 3.82. The highest BCUT2D eigenvalue weighted by molar-refractivity contribution is 5.77. The molecule has 25 heavy (non-hydrogen) atoms. The maximum atomic E-state index is 12.0. The van der Waals surface area contributed by atoms with Crippen molar-refractivity contribution in [3.8, 4) is 11.8 Å². The van der Waals surface area contributed by atoms with E-state index in [9.17, 15) is 4.79 Å². The fraction of sp³-hybridized carbons (Fsp3) is 0.300. The number of ether oxygens (including phenoxy) is 1. The summed E-state index contributed by atoms with van der Waals surface area (Å²) in [7, 11) is 0. The molecule has 2 rings (SSSR count). The standard InChI is InChI=1S/C20H23N3O2/c1-15(2)18(23-17-9-4-3-5-10-17)13-22-20(24)14-25-19-11-7-6-8-16(19)12-21/h3-11,15,18,23H,13-14H2,1-2H3,(H,22,24). The monoisotopic (exact) mass is 337 g/mol. The number of benzene rings is 2. The molecule has 0 aromatic heterocycles. The van der Waals surface area contributed by atoms with E-state index in [1.54, 1.807) is 24.3 Å². The summed E-state index contributed by atoms with van der Waals surface area (Å²) in [5.74, 6) is 0.553. The van der Waals surface area contributed by atoms with Crippen LogP contribution in [0.3, 0.4) is 0 Å². The third-order valence-corrected chi connectivity index (χ3v) is 3.82. The van der Waals surface area contributed by atoms with Crippen LogP contribution in [0.1, 0.15) is 19.4 Å². The van der Waals surface area contributed by atoms with Crippen LogP contribution < -0.4 is 15.4 Å². The van der Waals surface area contributed by atoms with Crippen molar-refractivity contribution in [2.75, 3.05) is 18.5 Å². The summed E-state index contributed by atoms with van der Waals surface area (Å²) in [5.41, 5.74) is 1.44. The van der Waals surface area contributed by atoms with Crippen molar-refractivity contribution in [1.29, 1.82) is 5.26 Å². The van der Waals surface area contributed by atoms with Gasteiger partial charge in [-0.3, -0.25) is 4.79 Å². The summed E-state index contributed by atoms with van der Waals surface area (Å²) in [5, 5.41) is 15.3. The Morgan fingerprint density at radius 2 is 1.80 bits per heavy atom. The lowest BCUT2D eigenvalue weighted by Crippen LogP contribution is -2.41.